The van der Waals surface area contributed by atoms with E-state index in [-0.39, 0.29) is 0 Å². The lowest BCUT2D eigenvalue weighted by molar-refractivity contribution is 0.217. The Labute approximate surface area is 129 Å². The molecule has 0 heterocycles. The Morgan fingerprint density at radius 2 is 1.30 bits per heavy atom. The van der Waals surface area contributed by atoms with Crippen LogP contribution in [0.2, 0.25) is 24.7 Å². The maximum atomic E-state index is 2.66. The van der Waals surface area contributed by atoms with Crippen molar-refractivity contribution in [3.05, 3.63) is 0 Å². The van der Waals surface area contributed by atoms with E-state index in [2.05, 4.69) is 26.9 Å². The van der Waals surface area contributed by atoms with E-state index < -0.39 is 8.07 Å². The summed E-state index contributed by atoms with van der Waals surface area (Å²) in [7, 11) is -0.893. The molecule has 0 aromatic carbocycles. The van der Waals surface area contributed by atoms with E-state index in [0.29, 0.717) is 0 Å². The molecule has 118 valence electrons. The summed E-state index contributed by atoms with van der Waals surface area (Å²) in [5.74, 6) is 3.20. The molecule has 2 aliphatic rings. The van der Waals surface area contributed by atoms with Crippen molar-refractivity contribution in [1.29, 1.82) is 0 Å². The molecule has 0 aromatic heterocycles. The van der Waals surface area contributed by atoms with Gasteiger partial charge in [-0.3, -0.25) is 0 Å². The normalized spacial score (nSPS) is 36.0. The Kier molecular flexibility index (Phi) is 6.20. The highest BCUT2D eigenvalue weighted by molar-refractivity contribution is 6.78. The minimum Gasteiger partial charge on any atom is -0.0691 e. The lowest BCUT2D eigenvalue weighted by Gasteiger charge is -2.39. The van der Waals surface area contributed by atoms with Gasteiger partial charge < -0.3 is 0 Å². The predicted molar refractivity (Wildman–Crippen MR) is 94.0 cm³/mol. The molecule has 0 nitrogen and oxygen atoms in total. The first-order valence-electron chi connectivity index (χ1n) is 9.51. The van der Waals surface area contributed by atoms with Crippen molar-refractivity contribution in [2.45, 2.75) is 103 Å². The summed E-state index contributed by atoms with van der Waals surface area (Å²) >= 11 is 0. The van der Waals surface area contributed by atoms with E-state index >= 15 is 0 Å². The van der Waals surface area contributed by atoms with Gasteiger partial charge >= 0.3 is 0 Å². The molecule has 2 aliphatic carbocycles. The van der Waals surface area contributed by atoms with Crippen LogP contribution in [0.25, 0.3) is 0 Å². The molecular formula is C19H38Si. The van der Waals surface area contributed by atoms with Gasteiger partial charge in [-0.1, -0.05) is 90.8 Å². The molecule has 0 atom stereocenters. The molecule has 20 heavy (non-hydrogen) atoms. The molecule has 0 aliphatic heterocycles. The van der Waals surface area contributed by atoms with Crippen LogP contribution in [0.5, 0.6) is 0 Å². The second-order valence-corrected chi connectivity index (χ2v) is 14.1. The van der Waals surface area contributed by atoms with Gasteiger partial charge in [0.05, 0.1) is 8.07 Å². The third-order valence-electron chi connectivity index (χ3n) is 6.65. The van der Waals surface area contributed by atoms with Gasteiger partial charge in [-0.2, -0.15) is 0 Å². The summed E-state index contributed by atoms with van der Waals surface area (Å²) < 4.78 is 0. The van der Waals surface area contributed by atoms with E-state index in [9.17, 15) is 0 Å². The monoisotopic (exact) mass is 294 g/mol. The largest absolute Gasteiger partial charge is 0.0691 e. The zero-order valence-corrected chi connectivity index (χ0v) is 15.6. The average Bonchev–Trinajstić information content (AvgIpc) is 2.42. The van der Waals surface area contributed by atoms with Gasteiger partial charge in [0.1, 0.15) is 0 Å². The first kappa shape index (κ1) is 16.6. The van der Waals surface area contributed by atoms with Crippen molar-refractivity contribution in [2.75, 3.05) is 0 Å². The van der Waals surface area contributed by atoms with Crippen LogP contribution in [-0.4, -0.2) is 8.07 Å². The Morgan fingerprint density at radius 1 is 0.800 bits per heavy atom. The van der Waals surface area contributed by atoms with Crippen molar-refractivity contribution in [3.63, 3.8) is 0 Å². The molecule has 0 unspecified atom stereocenters. The predicted octanol–water partition coefficient (Wildman–Crippen LogP) is 6.88. The van der Waals surface area contributed by atoms with Crippen molar-refractivity contribution >= 4 is 8.07 Å². The van der Waals surface area contributed by atoms with E-state index in [1.165, 1.54) is 32.1 Å². The van der Waals surface area contributed by atoms with E-state index in [4.69, 9.17) is 0 Å². The molecule has 0 bridgehead atoms. The lowest BCUT2D eigenvalue weighted by atomic mass is 9.75. The summed E-state index contributed by atoms with van der Waals surface area (Å²) in [5.41, 5.74) is 1.14. The summed E-state index contributed by atoms with van der Waals surface area (Å²) in [6, 6.07) is 1.56. The zero-order chi connectivity index (χ0) is 14.6. The average molecular weight is 295 g/mol. The second-order valence-electron chi connectivity index (χ2n) is 8.82. The molecule has 0 saturated heterocycles. The minimum absolute atomic E-state index is 0.893. The summed E-state index contributed by atoms with van der Waals surface area (Å²) in [4.78, 5) is 0. The lowest BCUT2D eigenvalue weighted by Crippen LogP contribution is -2.35. The highest BCUT2D eigenvalue weighted by Crippen LogP contribution is 2.44. The number of hydrogen-bond acceptors (Lipinski definition) is 0. The molecule has 1 heteroatoms. The highest BCUT2D eigenvalue weighted by Gasteiger charge is 2.34. The fourth-order valence-electron chi connectivity index (χ4n) is 5.06. The van der Waals surface area contributed by atoms with Gasteiger partial charge in [0.25, 0.3) is 0 Å². The Hall–Kier alpha value is 0.217. The first-order chi connectivity index (χ1) is 9.51. The highest BCUT2D eigenvalue weighted by atomic mass is 28.3. The minimum atomic E-state index is -0.893. The summed E-state index contributed by atoms with van der Waals surface area (Å²) in [6.45, 7) is 10.1. The number of rotatable bonds is 5. The van der Waals surface area contributed by atoms with Crippen molar-refractivity contribution in [1.82, 2.24) is 0 Å². The van der Waals surface area contributed by atoms with Crippen LogP contribution in [0.1, 0.15) is 78.1 Å². The molecule has 0 amide bonds. The molecule has 0 spiro atoms. The zero-order valence-electron chi connectivity index (χ0n) is 14.6. The molecule has 0 N–H and O–H groups in total. The first-order valence-corrected chi connectivity index (χ1v) is 12.8. The second kappa shape index (κ2) is 7.47. The smallest absolute Gasteiger partial charge is 0.0504 e. The van der Waals surface area contributed by atoms with Crippen molar-refractivity contribution < 1.29 is 0 Å². The van der Waals surface area contributed by atoms with E-state index in [0.717, 1.165) is 23.3 Å². The van der Waals surface area contributed by atoms with Gasteiger partial charge in [-0.05, 0) is 29.7 Å². The molecule has 0 radical (unpaired) electrons. The molecule has 2 saturated carbocycles. The standard InChI is InChI=1S/C19H38Si/c1-5-14-20(3,4)19-12-10-18(11-13-19)15-17-8-6-16(2)7-9-17/h16-19H,5-15H2,1-4H3. The van der Waals surface area contributed by atoms with Gasteiger partial charge in [0.15, 0.2) is 0 Å². The van der Waals surface area contributed by atoms with Crippen LogP contribution in [-0.2, 0) is 0 Å². The quantitative estimate of drug-likeness (QED) is 0.485. The fourth-order valence-corrected chi connectivity index (χ4v) is 8.66. The van der Waals surface area contributed by atoms with E-state index in [1.54, 1.807) is 38.1 Å². The van der Waals surface area contributed by atoms with Crippen LogP contribution in [0, 0.1) is 17.8 Å². The molecular weight excluding hydrogens is 256 g/mol. The molecule has 2 fully saturated rings. The van der Waals surface area contributed by atoms with Crippen LogP contribution < -0.4 is 0 Å². The molecule has 0 aromatic rings. The topological polar surface area (TPSA) is 0 Å². The maximum Gasteiger partial charge on any atom is 0.0504 e. The van der Waals surface area contributed by atoms with Crippen molar-refractivity contribution in [2.24, 2.45) is 17.8 Å². The number of hydrogen-bond donors (Lipinski definition) is 0. The summed E-state index contributed by atoms with van der Waals surface area (Å²) in [6.07, 6.45) is 15.4. The Balaban J connectivity index is 1.71. The van der Waals surface area contributed by atoms with Crippen LogP contribution >= 0.6 is 0 Å². The van der Waals surface area contributed by atoms with Crippen LogP contribution in [0.15, 0.2) is 0 Å². The Morgan fingerprint density at radius 3 is 1.80 bits per heavy atom. The Bertz CT molecular complexity index is 267. The van der Waals surface area contributed by atoms with Gasteiger partial charge in [-0.25, -0.2) is 0 Å². The third-order valence-corrected chi connectivity index (χ3v) is 11.2. The fraction of sp³-hybridized carbons (Fsp3) is 1.00. The maximum absolute atomic E-state index is 2.66. The SMILES string of the molecule is CCC[Si](C)(C)C1CCC(CC2CCC(C)CC2)CC1. The third kappa shape index (κ3) is 4.61. The van der Waals surface area contributed by atoms with Gasteiger partial charge in [0, 0.05) is 0 Å². The van der Waals surface area contributed by atoms with Gasteiger partial charge in [0.2, 0.25) is 0 Å². The van der Waals surface area contributed by atoms with Crippen molar-refractivity contribution in [3.8, 4) is 0 Å². The van der Waals surface area contributed by atoms with Crippen LogP contribution in [0.4, 0.5) is 0 Å². The van der Waals surface area contributed by atoms with Crippen LogP contribution in [0.3, 0.4) is 0 Å². The summed E-state index contributed by atoms with van der Waals surface area (Å²) in [5, 5.41) is 0. The molecule has 2 rings (SSSR count). The van der Waals surface area contributed by atoms with Gasteiger partial charge in [-0.15, -0.1) is 0 Å². The van der Waals surface area contributed by atoms with E-state index in [1.807, 2.05) is 0 Å².